The largest absolute Gasteiger partial charge is 0.504 e. The van der Waals surface area contributed by atoms with E-state index >= 15 is 0 Å². The molecule has 83 heavy (non-hydrogen) atoms. The second-order valence-corrected chi connectivity index (χ2v) is 19.6. The Bertz CT molecular complexity index is 3570. The Morgan fingerprint density at radius 2 is 0.892 bits per heavy atom. The molecule has 2 heterocycles. The molecule has 2 aliphatic rings. The van der Waals surface area contributed by atoms with Crippen LogP contribution in [0.25, 0.3) is 0 Å². The third kappa shape index (κ3) is 15.0. The van der Waals surface area contributed by atoms with E-state index in [9.17, 15) is 33.9 Å². The fraction of sp³-hybridized carbons (Fsp3) is 0.156. The number of benzene rings is 8. The van der Waals surface area contributed by atoms with Crippen LogP contribution in [0, 0.1) is 0 Å². The number of fused-ring (bicyclic) bond motifs is 2. The summed E-state index contributed by atoms with van der Waals surface area (Å²) < 4.78 is 16.4. The highest BCUT2D eigenvalue weighted by molar-refractivity contribution is 9.09. The van der Waals surface area contributed by atoms with Gasteiger partial charge in [0.2, 0.25) is 0 Å². The molecule has 0 saturated heterocycles. The minimum Gasteiger partial charge on any atom is -0.504 e. The molecule has 0 saturated carbocycles. The number of nitrogens with one attached hydrogen (secondary N) is 4. The number of nitrogen functional groups attached to an aromatic ring is 2. The maximum absolute atomic E-state index is 12.6. The van der Waals surface area contributed by atoms with Crippen molar-refractivity contribution >= 4 is 85.5 Å². The second kappa shape index (κ2) is 28.3. The van der Waals surface area contributed by atoms with Crippen LogP contribution in [0.15, 0.2) is 182 Å². The number of carbonyl (C=O) groups excluding carboxylic acids is 6. The highest BCUT2D eigenvalue weighted by atomic mass is 79.9. The van der Waals surface area contributed by atoms with Crippen LogP contribution in [0.1, 0.15) is 86.1 Å². The lowest BCUT2D eigenvalue weighted by atomic mass is 10.1. The van der Waals surface area contributed by atoms with E-state index in [0.29, 0.717) is 106 Å². The van der Waals surface area contributed by atoms with Gasteiger partial charge in [0.25, 0.3) is 35.4 Å². The number of para-hydroxylation sites is 4. The number of hydrogen-bond donors (Lipinski definition) is 7. The van der Waals surface area contributed by atoms with Gasteiger partial charge in [0.15, 0.2) is 23.0 Å². The zero-order valence-electron chi connectivity index (χ0n) is 45.5. The lowest BCUT2D eigenvalue weighted by Gasteiger charge is -2.16. The van der Waals surface area contributed by atoms with E-state index in [0.717, 1.165) is 34.3 Å². The van der Waals surface area contributed by atoms with Crippen LogP contribution in [0.4, 0.5) is 34.1 Å². The van der Waals surface area contributed by atoms with Gasteiger partial charge < -0.3 is 52.1 Å². The number of anilines is 6. The van der Waals surface area contributed by atoms with Crippen molar-refractivity contribution in [2.45, 2.75) is 25.9 Å². The summed E-state index contributed by atoms with van der Waals surface area (Å²) >= 11 is 3.28. The Morgan fingerprint density at radius 1 is 0.494 bits per heavy atom. The Morgan fingerprint density at radius 3 is 1.30 bits per heavy atom. The molecule has 2 aliphatic heterocycles. The fourth-order valence-electron chi connectivity index (χ4n) is 8.77. The van der Waals surface area contributed by atoms with Gasteiger partial charge in [-0.3, -0.25) is 38.6 Å². The first-order chi connectivity index (χ1) is 40.3. The molecular formula is C64H61BrN8O10. The van der Waals surface area contributed by atoms with Gasteiger partial charge in [-0.25, -0.2) is 0 Å². The summed E-state index contributed by atoms with van der Waals surface area (Å²) in [6, 6.07) is 53.3. The molecule has 0 unspecified atom stereocenters. The summed E-state index contributed by atoms with van der Waals surface area (Å²) in [5, 5.41) is 22.8. The molecule has 8 aromatic rings. The van der Waals surface area contributed by atoms with Gasteiger partial charge in [0, 0.05) is 66.1 Å². The first-order valence-electron chi connectivity index (χ1n) is 26.4. The number of halogens is 1. The van der Waals surface area contributed by atoms with Crippen molar-refractivity contribution in [1.29, 1.82) is 0 Å². The van der Waals surface area contributed by atoms with Crippen molar-refractivity contribution in [2.75, 3.05) is 72.0 Å². The van der Waals surface area contributed by atoms with Crippen LogP contribution in [-0.4, -0.2) is 89.6 Å². The Labute approximate surface area is 488 Å². The summed E-state index contributed by atoms with van der Waals surface area (Å²) in [5.74, 6) is 0.290. The van der Waals surface area contributed by atoms with Gasteiger partial charge >= 0.3 is 0 Å². The number of methoxy groups -OCH3 is 2. The number of alkyl halides is 1. The topological polar surface area (TPSA) is 257 Å². The van der Waals surface area contributed by atoms with E-state index in [-0.39, 0.29) is 47.7 Å². The average molecular weight is 1180 g/mol. The van der Waals surface area contributed by atoms with Crippen molar-refractivity contribution in [3.8, 4) is 23.0 Å². The lowest BCUT2D eigenvalue weighted by molar-refractivity contribution is 0.0634. The van der Waals surface area contributed by atoms with Gasteiger partial charge in [0.1, 0.15) is 0 Å². The first-order valence-corrected chi connectivity index (χ1v) is 27.5. The number of imide groups is 2. The molecule has 8 aromatic carbocycles. The number of hydrogen-bond acceptors (Lipinski definition) is 14. The van der Waals surface area contributed by atoms with Crippen molar-refractivity contribution < 1.29 is 48.1 Å². The number of phenols is 1. The van der Waals surface area contributed by atoms with Gasteiger partial charge in [0.05, 0.1) is 65.8 Å². The molecule has 19 heteroatoms. The maximum Gasteiger partial charge on any atom is 0.261 e. The van der Waals surface area contributed by atoms with Crippen molar-refractivity contribution in [2.24, 2.45) is 0 Å². The third-order valence-corrected chi connectivity index (χ3v) is 13.8. The van der Waals surface area contributed by atoms with Gasteiger partial charge in [-0.1, -0.05) is 88.7 Å². The molecule has 18 nitrogen and oxygen atoms in total. The highest BCUT2D eigenvalue weighted by Crippen LogP contribution is 2.32. The normalized spacial score (nSPS) is 12.0. The van der Waals surface area contributed by atoms with Crippen LogP contribution in [-0.2, 0) is 13.1 Å². The molecule has 0 spiro atoms. The van der Waals surface area contributed by atoms with Gasteiger partial charge in [-0.05, 0) is 121 Å². The molecule has 10 rings (SSSR count). The Hall–Kier alpha value is -10.1. The van der Waals surface area contributed by atoms with Crippen LogP contribution >= 0.6 is 15.9 Å². The standard InChI is InChI=1S/C32H30N4O5.C21H21N3O3.C11H10BrNO2/c1-40-28-16-15-23(19-29(28)41-18-6-17-36-31(38)24-7-2-3-8-25(24)32(36)39)34-20-21-11-13-22(14-12-21)30(37)35-27-10-5-4-9-26(27)33;1-27-20-11-10-16(12-19(20)25)23-13-14-6-8-15(9-7-14)21(26)24-18-5-3-2-4-17(18)22;12-6-3-7-13-10(14)8-4-1-2-5-9(8)11(13)15/h2-5,7-16,19,34H,6,17-18,20,33H2,1H3,(H,35,37);2-12,23,25H,13,22H2,1H3,(H,24,26);1-2,4-5H,3,6-7H2. The Balaban J connectivity index is 0.000000182. The summed E-state index contributed by atoms with van der Waals surface area (Å²) in [5.41, 5.74) is 20.5. The summed E-state index contributed by atoms with van der Waals surface area (Å²) in [7, 11) is 3.07. The minimum atomic E-state index is -0.274. The number of rotatable bonds is 20. The van der Waals surface area contributed by atoms with E-state index in [1.54, 1.807) is 116 Å². The van der Waals surface area contributed by atoms with Crippen LogP contribution in [0.2, 0.25) is 0 Å². The zero-order chi connectivity index (χ0) is 58.8. The number of amides is 6. The predicted octanol–water partition coefficient (Wildman–Crippen LogP) is 11.1. The number of aromatic hydroxyl groups is 1. The monoisotopic (exact) mass is 1180 g/mol. The molecule has 9 N–H and O–H groups in total. The fourth-order valence-corrected chi connectivity index (χ4v) is 9.02. The summed E-state index contributed by atoms with van der Waals surface area (Å²) in [6.07, 6.45) is 1.26. The number of phenolic OH excluding ortho intramolecular Hbond substituents is 1. The van der Waals surface area contributed by atoms with E-state index < -0.39 is 0 Å². The van der Waals surface area contributed by atoms with E-state index in [1.807, 2.05) is 72.8 Å². The number of nitrogens with two attached hydrogens (primary N) is 2. The number of ether oxygens (including phenoxy) is 3. The maximum atomic E-state index is 12.6. The molecule has 0 radical (unpaired) electrons. The molecular weight excluding hydrogens is 1120 g/mol. The third-order valence-electron chi connectivity index (χ3n) is 13.2. The average Bonchev–Trinajstić information content (AvgIpc) is 4.15. The van der Waals surface area contributed by atoms with Gasteiger partial charge in [-0.2, -0.15) is 0 Å². The Kier molecular flexibility index (Phi) is 20.1. The minimum absolute atomic E-state index is 0.0784. The molecule has 0 atom stereocenters. The van der Waals surface area contributed by atoms with Crippen LogP contribution < -0.4 is 46.9 Å². The molecule has 0 bridgehead atoms. The molecule has 0 aliphatic carbocycles. The van der Waals surface area contributed by atoms with Crippen molar-refractivity contribution in [3.63, 3.8) is 0 Å². The predicted molar refractivity (Wildman–Crippen MR) is 325 cm³/mol. The smallest absolute Gasteiger partial charge is 0.261 e. The van der Waals surface area contributed by atoms with Crippen LogP contribution in [0.3, 0.4) is 0 Å². The number of nitrogens with zero attached hydrogens (tertiary/aromatic N) is 2. The first kappa shape index (κ1) is 59.0. The number of carbonyl (C=O) groups is 6. The molecule has 424 valence electrons. The zero-order valence-corrected chi connectivity index (χ0v) is 47.1. The highest BCUT2D eigenvalue weighted by Gasteiger charge is 2.35. The van der Waals surface area contributed by atoms with Crippen LogP contribution in [0.5, 0.6) is 23.0 Å². The van der Waals surface area contributed by atoms with Crippen molar-refractivity contribution in [3.05, 3.63) is 226 Å². The van der Waals surface area contributed by atoms with Crippen molar-refractivity contribution in [1.82, 2.24) is 9.80 Å². The summed E-state index contributed by atoms with van der Waals surface area (Å²) in [4.78, 5) is 76.2. The molecule has 0 aromatic heterocycles. The van der Waals surface area contributed by atoms with E-state index in [1.165, 1.54) is 16.9 Å². The van der Waals surface area contributed by atoms with Gasteiger partial charge in [-0.15, -0.1) is 0 Å². The second-order valence-electron chi connectivity index (χ2n) is 18.8. The van der Waals surface area contributed by atoms with E-state index in [4.69, 9.17) is 25.7 Å². The molecule has 0 fully saturated rings. The van der Waals surface area contributed by atoms with E-state index in [2.05, 4.69) is 37.2 Å². The SMILES string of the molecule is COc1ccc(NCc2ccc(C(=O)Nc3ccccc3N)cc2)cc1O.COc1ccc(NCc2ccc(C(=O)Nc3ccccc3N)cc2)cc1OCCCN1C(=O)c2ccccc2C1=O.O=C1c2ccccc2C(=O)N1CCCBr. The quantitative estimate of drug-likeness (QED) is 0.0162. The molecule has 6 amide bonds. The summed E-state index contributed by atoms with van der Waals surface area (Å²) in [6.45, 7) is 2.13. The lowest BCUT2D eigenvalue weighted by Crippen LogP contribution is -2.31.